The lowest BCUT2D eigenvalue weighted by atomic mass is 10.1. The molecule has 0 aliphatic rings. The zero-order valence-electron chi connectivity index (χ0n) is 17.6. The Morgan fingerprint density at radius 3 is 0.958 bits per heavy atom. The van der Waals surface area contributed by atoms with Crippen LogP contribution in [0.15, 0.2) is 0 Å². The molecule has 0 aromatic rings. The summed E-state index contributed by atoms with van der Waals surface area (Å²) >= 11 is 0. The first-order valence-corrected chi connectivity index (χ1v) is 11.1. The fraction of sp³-hybridized carbons (Fsp3) is 1.00. The van der Waals surface area contributed by atoms with Gasteiger partial charge in [-0.05, 0) is 44.9 Å². The average molecular weight is 362 g/mol. The molecule has 0 aliphatic carbocycles. The van der Waals surface area contributed by atoms with Gasteiger partial charge in [-0.15, -0.1) is 0 Å². The van der Waals surface area contributed by atoms with Crippen molar-refractivity contribution in [2.75, 3.05) is 26.2 Å². The van der Waals surface area contributed by atoms with Crippen molar-refractivity contribution in [3.05, 3.63) is 0 Å². The molecule has 0 aromatic carbocycles. The summed E-state index contributed by atoms with van der Waals surface area (Å²) < 4.78 is 1.45. The molecular weight excluding hydrogens is 314 g/mol. The number of rotatable bonds is 18. The molecule has 0 fully saturated rings. The van der Waals surface area contributed by atoms with Crippen molar-refractivity contribution in [2.45, 2.75) is 118 Å². The number of hydrogen-bond donors (Lipinski definition) is 0. The third-order valence-electron chi connectivity index (χ3n) is 5.44. The lowest BCUT2D eigenvalue weighted by molar-refractivity contribution is -0.929. The summed E-state index contributed by atoms with van der Waals surface area (Å²) in [5, 5.41) is 0. The van der Waals surface area contributed by atoms with Crippen LogP contribution < -0.4 is 12.4 Å². The molecule has 0 atom stereocenters. The van der Waals surface area contributed by atoms with Crippen LogP contribution in [-0.2, 0) is 0 Å². The molecule has 0 spiro atoms. The van der Waals surface area contributed by atoms with Crippen LogP contribution >= 0.6 is 0 Å². The molecule has 24 heavy (non-hydrogen) atoms. The van der Waals surface area contributed by atoms with E-state index in [1.54, 1.807) is 0 Å². The number of quaternary nitrogens is 1. The van der Waals surface area contributed by atoms with Crippen LogP contribution in [0.4, 0.5) is 0 Å². The summed E-state index contributed by atoms with van der Waals surface area (Å²) in [6.45, 7) is 15.2. The second kappa shape index (κ2) is 19.6. The molecule has 0 radical (unpaired) electrons. The molecule has 0 unspecified atom stereocenters. The summed E-state index contributed by atoms with van der Waals surface area (Å²) in [4.78, 5) is 0. The number of hydrogen-bond acceptors (Lipinski definition) is 0. The fourth-order valence-corrected chi connectivity index (χ4v) is 3.79. The van der Waals surface area contributed by atoms with Gasteiger partial charge in [0.2, 0.25) is 0 Å². The summed E-state index contributed by atoms with van der Waals surface area (Å²) in [7, 11) is 0. The van der Waals surface area contributed by atoms with Crippen molar-refractivity contribution in [1.82, 2.24) is 0 Å². The molecule has 0 heterocycles. The normalized spacial score (nSPS) is 11.5. The lowest BCUT2D eigenvalue weighted by Crippen LogP contribution is -3.00. The number of nitrogens with zero attached hydrogens (tertiary/aromatic N) is 1. The monoisotopic (exact) mass is 361 g/mol. The highest BCUT2D eigenvalue weighted by Crippen LogP contribution is 2.18. The van der Waals surface area contributed by atoms with Crippen LogP contribution in [0.25, 0.3) is 0 Å². The van der Waals surface area contributed by atoms with Gasteiger partial charge in [0.05, 0.1) is 26.2 Å². The van der Waals surface area contributed by atoms with Crippen LogP contribution in [0.5, 0.6) is 0 Å². The zero-order chi connectivity index (χ0) is 17.2. The van der Waals surface area contributed by atoms with Crippen LogP contribution in [-0.4, -0.2) is 30.7 Å². The highest BCUT2D eigenvalue weighted by molar-refractivity contribution is 4.52. The third kappa shape index (κ3) is 14.6. The molecule has 0 amide bonds. The third-order valence-corrected chi connectivity index (χ3v) is 5.44. The smallest absolute Gasteiger partial charge is 0.0786 e. The molecule has 0 rings (SSSR count). The van der Waals surface area contributed by atoms with Crippen LogP contribution in [0, 0.1) is 0 Å². The largest absolute Gasteiger partial charge is 1.00 e. The minimum Gasteiger partial charge on any atom is -1.00 e. The molecule has 148 valence electrons. The first-order chi connectivity index (χ1) is 11.2. The molecule has 1 nitrogen and oxygen atoms in total. The van der Waals surface area contributed by atoms with Gasteiger partial charge in [0, 0.05) is 0 Å². The van der Waals surface area contributed by atoms with Gasteiger partial charge in [-0.3, -0.25) is 0 Å². The van der Waals surface area contributed by atoms with Crippen molar-refractivity contribution in [3.63, 3.8) is 0 Å². The Bertz CT molecular complexity index is 199. The van der Waals surface area contributed by atoms with E-state index in [-0.39, 0.29) is 12.4 Å². The first kappa shape index (κ1) is 26.5. The zero-order valence-corrected chi connectivity index (χ0v) is 18.3. The minimum absolute atomic E-state index is 0. The first-order valence-electron chi connectivity index (χ1n) is 11.1. The van der Waals surface area contributed by atoms with Gasteiger partial charge in [0.15, 0.2) is 0 Å². The number of unbranched alkanes of at least 4 members (excludes halogenated alkanes) is 10. The average Bonchev–Trinajstić information content (AvgIpc) is 2.57. The molecule has 2 heteroatoms. The SMILES string of the molecule is CCCCCC[N+](CCCC)(CCCCCC)CCCCCC.[Cl-]. The Morgan fingerprint density at radius 2 is 0.667 bits per heavy atom. The van der Waals surface area contributed by atoms with Gasteiger partial charge in [0.1, 0.15) is 0 Å². The quantitative estimate of drug-likeness (QED) is 0.251. The maximum atomic E-state index is 2.36. The maximum Gasteiger partial charge on any atom is 0.0786 e. The summed E-state index contributed by atoms with van der Waals surface area (Å²) in [5.41, 5.74) is 0. The van der Waals surface area contributed by atoms with E-state index in [9.17, 15) is 0 Å². The molecule has 0 aromatic heterocycles. The molecular formula is C22H48ClN. The van der Waals surface area contributed by atoms with E-state index >= 15 is 0 Å². The summed E-state index contributed by atoms with van der Waals surface area (Å²) in [5.74, 6) is 0. The predicted molar refractivity (Wildman–Crippen MR) is 107 cm³/mol. The van der Waals surface area contributed by atoms with E-state index in [2.05, 4.69) is 27.7 Å². The molecule has 0 N–H and O–H groups in total. The Balaban J connectivity index is 0. The molecule has 0 saturated carbocycles. The maximum absolute atomic E-state index is 2.36. The van der Waals surface area contributed by atoms with E-state index in [0.717, 1.165) is 0 Å². The standard InChI is InChI=1S/C22H48N.ClH/c1-5-9-13-16-20-23(19-12-8-4,21-17-14-10-6-2)22-18-15-11-7-3;/h5-22H2,1-4H3;1H/q+1;/p-1. The van der Waals surface area contributed by atoms with Gasteiger partial charge < -0.3 is 16.9 Å². The van der Waals surface area contributed by atoms with Crippen LogP contribution in [0.3, 0.4) is 0 Å². The van der Waals surface area contributed by atoms with E-state index in [4.69, 9.17) is 0 Å². The van der Waals surface area contributed by atoms with Gasteiger partial charge in [-0.1, -0.05) is 72.6 Å². The second-order valence-electron chi connectivity index (χ2n) is 7.77. The van der Waals surface area contributed by atoms with Crippen LogP contribution in [0.2, 0.25) is 0 Å². The van der Waals surface area contributed by atoms with Gasteiger partial charge in [0.25, 0.3) is 0 Å². The predicted octanol–water partition coefficient (Wildman–Crippen LogP) is 4.35. The highest BCUT2D eigenvalue weighted by Gasteiger charge is 2.25. The molecule has 0 aliphatic heterocycles. The van der Waals surface area contributed by atoms with Crippen molar-refractivity contribution < 1.29 is 16.9 Å². The minimum atomic E-state index is 0. The van der Waals surface area contributed by atoms with E-state index < -0.39 is 0 Å². The van der Waals surface area contributed by atoms with Gasteiger partial charge in [-0.25, -0.2) is 0 Å². The lowest BCUT2D eigenvalue weighted by Gasteiger charge is -2.39. The molecule has 0 bridgehead atoms. The second-order valence-corrected chi connectivity index (χ2v) is 7.77. The van der Waals surface area contributed by atoms with Crippen molar-refractivity contribution >= 4 is 0 Å². The van der Waals surface area contributed by atoms with Crippen molar-refractivity contribution in [2.24, 2.45) is 0 Å². The Hall–Kier alpha value is 0.250. The summed E-state index contributed by atoms with van der Waals surface area (Å²) in [6.07, 6.45) is 19.9. The van der Waals surface area contributed by atoms with Crippen molar-refractivity contribution in [1.29, 1.82) is 0 Å². The van der Waals surface area contributed by atoms with E-state index in [0.29, 0.717) is 0 Å². The Kier molecular flexibility index (Phi) is 21.6. The summed E-state index contributed by atoms with van der Waals surface area (Å²) in [6, 6.07) is 0. The highest BCUT2D eigenvalue weighted by atomic mass is 35.5. The Labute approximate surface area is 161 Å². The van der Waals surface area contributed by atoms with E-state index in [1.807, 2.05) is 0 Å². The van der Waals surface area contributed by atoms with Crippen molar-refractivity contribution in [3.8, 4) is 0 Å². The van der Waals surface area contributed by atoms with Crippen LogP contribution in [0.1, 0.15) is 118 Å². The topological polar surface area (TPSA) is 0 Å². The number of halogens is 1. The fourth-order valence-electron chi connectivity index (χ4n) is 3.79. The Morgan fingerprint density at radius 1 is 0.375 bits per heavy atom. The van der Waals surface area contributed by atoms with Gasteiger partial charge in [-0.2, -0.15) is 0 Å². The van der Waals surface area contributed by atoms with Gasteiger partial charge >= 0.3 is 0 Å². The molecule has 0 saturated heterocycles. The van der Waals surface area contributed by atoms with E-state index in [1.165, 1.54) is 121 Å².